The van der Waals surface area contributed by atoms with E-state index in [2.05, 4.69) is 19.2 Å². The maximum atomic E-state index is 3.89. The van der Waals surface area contributed by atoms with Crippen LogP contribution in [0.2, 0.25) is 0 Å². The molecule has 0 aromatic heterocycles. The van der Waals surface area contributed by atoms with Gasteiger partial charge in [-0.25, -0.2) is 0 Å². The van der Waals surface area contributed by atoms with Gasteiger partial charge in [-0.1, -0.05) is 33.1 Å². The molecule has 15 heavy (non-hydrogen) atoms. The van der Waals surface area contributed by atoms with Crippen molar-refractivity contribution in [2.75, 3.05) is 0 Å². The molecule has 90 valence electrons. The van der Waals surface area contributed by atoms with E-state index in [0.717, 1.165) is 23.9 Å². The van der Waals surface area contributed by atoms with Crippen LogP contribution in [-0.4, -0.2) is 12.1 Å². The van der Waals surface area contributed by atoms with E-state index in [9.17, 15) is 0 Å². The molecule has 1 N–H and O–H groups in total. The van der Waals surface area contributed by atoms with Crippen LogP contribution in [0, 0.1) is 11.8 Å². The van der Waals surface area contributed by atoms with Crippen molar-refractivity contribution in [3.8, 4) is 0 Å². The Morgan fingerprint density at radius 1 is 1.13 bits per heavy atom. The molecular weight excluding hydrogens is 206 g/mol. The van der Waals surface area contributed by atoms with Crippen molar-refractivity contribution < 1.29 is 0 Å². The lowest BCUT2D eigenvalue weighted by Crippen LogP contribution is -2.50. The minimum atomic E-state index is 0. The molecule has 2 fully saturated rings. The molecule has 1 aliphatic heterocycles. The fourth-order valence-electron chi connectivity index (χ4n) is 3.53. The second-order valence-corrected chi connectivity index (χ2v) is 5.41. The predicted octanol–water partition coefficient (Wildman–Crippen LogP) is 3.77. The summed E-state index contributed by atoms with van der Waals surface area (Å²) in [5.41, 5.74) is 0. The summed E-state index contributed by atoms with van der Waals surface area (Å²) < 4.78 is 0. The van der Waals surface area contributed by atoms with Crippen molar-refractivity contribution in [1.29, 1.82) is 0 Å². The quantitative estimate of drug-likeness (QED) is 0.763. The van der Waals surface area contributed by atoms with Crippen LogP contribution in [0.15, 0.2) is 0 Å². The minimum Gasteiger partial charge on any atom is -0.311 e. The summed E-state index contributed by atoms with van der Waals surface area (Å²) >= 11 is 0. The summed E-state index contributed by atoms with van der Waals surface area (Å²) in [6.07, 6.45) is 10.0. The highest BCUT2D eigenvalue weighted by molar-refractivity contribution is 5.85. The fourth-order valence-corrected chi connectivity index (χ4v) is 3.53. The molecule has 2 aliphatic rings. The number of piperidine rings is 1. The van der Waals surface area contributed by atoms with Gasteiger partial charge in [0.2, 0.25) is 0 Å². The molecule has 4 atom stereocenters. The van der Waals surface area contributed by atoms with Gasteiger partial charge in [-0.3, -0.25) is 0 Å². The molecule has 1 heterocycles. The summed E-state index contributed by atoms with van der Waals surface area (Å²) in [5, 5.41) is 3.89. The van der Waals surface area contributed by atoms with E-state index in [1.54, 1.807) is 0 Å². The first-order valence-electron chi connectivity index (χ1n) is 6.57. The Morgan fingerprint density at radius 2 is 1.93 bits per heavy atom. The van der Waals surface area contributed by atoms with E-state index in [1.807, 2.05) is 0 Å². The van der Waals surface area contributed by atoms with Gasteiger partial charge in [0, 0.05) is 12.1 Å². The zero-order chi connectivity index (χ0) is 9.97. The number of fused-ring (bicyclic) bond motifs is 1. The highest BCUT2D eigenvalue weighted by Gasteiger charge is 2.34. The van der Waals surface area contributed by atoms with E-state index >= 15 is 0 Å². The number of nitrogens with one attached hydrogen (secondary N) is 1. The standard InChI is InChI=1S/C13H25N.ClH/c1-3-5-11-8-9-12-10(2)6-4-7-13(12)14-11;/h10-14H,3-9H2,1-2H3;1H/t10-,11+,12+,13-;/m0./s1. The van der Waals surface area contributed by atoms with Crippen LogP contribution >= 0.6 is 12.4 Å². The largest absolute Gasteiger partial charge is 0.311 e. The van der Waals surface area contributed by atoms with E-state index in [0.29, 0.717) is 0 Å². The molecule has 1 nitrogen and oxygen atoms in total. The number of halogens is 1. The molecule has 0 spiro atoms. The van der Waals surface area contributed by atoms with Gasteiger partial charge in [0.05, 0.1) is 0 Å². The molecule has 0 radical (unpaired) electrons. The van der Waals surface area contributed by atoms with Crippen molar-refractivity contribution in [2.45, 2.75) is 70.9 Å². The summed E-state index contributed by atoms with van der Waals surface area (Å²) in [7, 11) is 0. The molecule has 1 aliphatic carbocycles. The van der Waals surface area contributed by atoms with Crippen LogP contribution in [-0.2, 0) is 0 Å². The van der Waals surface area contributed by atoms with Gasteiger partial charge in [0.15, 0.2) is 0 Å². The lowest BCUT2D eigenvalue weighted by atomic mass is 9.71. The molecule has 0 amide bonds. The number of rotatable bonds is 2. The average Bonchev–Trinajstić information content (AvgIpc) is 2.18. The highest BCUT2D eigenvalue weighted by atomic mass is 35.5. The van der Waals surface area contributed by atoms with Gasteiger partial charge < -0.3 is 5.32 Å². The second-order valence-electron chi connectivity index (χ2n) is 5.41. The van der Waals surface area contributed by atoms with Gasteiger partial charge in [0.25, 0.3) is 0 Å². The monoisotopic (exact) mass is 231 g/mol. The summed E-state index contributed by atoms with van der Waals surface area (Å²) in [5.74, 6) is 1.97. The summed E-state index contributed by atoms with van der Waals surface area (Å²) in [6, 6.07) is 1.70. The molecular formula is C13H26ClN. The molecule has 0 aromatic rings. The number of hydrogen-bond acceptors (Lipinski definition) is 1. The van der Waals surface area contributed by atoms with E-state index in [-0.39, 0.29) is 12.4 Å². The minimum absolute atomic E-state index is 0. The van der Waals surface area contributed by atoms with Crippen LogP contribution in [0.4, 0.5) is 0 Å². The molecule has 2 rings (SSSR count). The summed E-state index contributed by atoms with van der Waals surface area (Å²) in [4.78, 5) is 0. The Balaban J connectivity index is 0.00000112. The Labute approximate surface area is 101 Å². The van der Waals surface area contributed by atoms with Crippen molar-refractivity contribution in [1.82, 2.24) is 5.32 Å². The third kappa shape index (κ3) is 3.10. The van der Waals surface area contributed by atoms with E-state index in [4.69, 9.17) is 0 Å². The Bertz CT molecular complexity index is 183. The fraction of sp³-hybridized carbons (Fsp3) is 1.00. The van der Waals surface area contributed by atoms with Crippen molar-refractivity contribution in [3.63, 3.8) is 0 Å². The maximum absolute atomic E-state index is 3.89. The molecule has 0 bridgehead atoms. The van der Waals surface area contributed by atoms with Crippen LogP contribution in [0.5, 0.6) is 0 Å². The normalized spacial score (nSPS) is 40.4. The Kier molecular flexibility index (Phi) is 5.42. The van der Waals surface area contributed by atoms with Gasteiger partial charge in [0.1, 0.15) is 0 Å². The second kappa shape index (κ2) is 6.10. The lowest BCUT2D eigenvalue weighted by Gasteiger charge is -2.44. The van der Waals surface area contributed by atoms with Crippen molar-refractivity contribution in [3.05, 3.63) is 0 Å². The first-order valence-corrected chi connectivity index (χ1v) is 6.57. The Hall–Kier alpha value is 0.250. The lowest BCUT2D eigenvalue weighted by molar-refractivity contribution is 0.122. The van der Waals surface area contributed by atoms with E-state index < -0.39 is 0 Å². The van der Waals surface area contributed by atoms with Crippen molar-refractivity contribution in [2.24, 2.45) is 11.8 Å². The van der Waals surface area contributed by atoms with Crippen LogP contribution in [0.25, 0.3) is 0 Å². The average molecular weight is 232 g/mol. The predicted molar refractivity (Wildman–Crippen MR) is 68.6 cm³/mol. The first kappa shape index (κ1) is 13.3. The Morgan fingerprint density at radius 3 is 2.67 bits per heavy atom. The van der Waals surface area contributed by atoms with Gasteiger partial charge in [-0.15, -0.1) is 12.4 Å². The van der Waals surface area contributed by atoms with Crippen molar-refractivity contribution >= 4 is 12.4 Å². The third-order valence-electron chi connectivity index (χ3n) is 4.36. The zero-order valence-corrected chi connectivity index (χ0v) is 11.0. The van der Waals surface area contributed by atoms with Gasteiger partial charge >= 0.3 is 0 Å². The topological polar surface area (TPSA) is 12.0 Å². The van der Waals surface area contributed by atoms with Crippen LogP contribution in [0.1, 0.15) is 58.8 Å². The first-order chi connectivity index (χ1) is 6.81. The molecule has 0 unspecified atom stereocenters. The van der Waals surface area contributed by atoms with Crippen LogP contribution in [0.3, 0.4) is 0 Å². The zero-order valence-electron chi connectivity index (χ0n) is 10.2. The molecule has 2 heteroatoms. The SMILES string of the molecule is CCC[C@@H]1CC[C@H]2[C@H](CCC[C@@H]2C)N1.Cl. The molecule has 1 saturated carbocycles. The molecule has 0 aromatic carbocycles. The van der Waals surface area contributed by atoms with E-state index in [1.165, 1.54) is 44.9 Å². The molecule has 1 saturated heterocycles. The van der Waals surface area contributed by atoms with Gasteiger partial charge in [-0.05, 0) is 37.5 Å². The smallest absolute Gasteiger partial charge is 0.0100 e. The van der Waals surface area contributed by atoms with Gasteiger partial charge in [-0.2, -0.15) is 0 Å². The van der Waals surface area contributed by atoms with Crippen LogP contribution < -0.4 is 5.32 Å². The highest BCUT2D eigenvalue weighted by Crippen LogP contribution is 2.36. The third-order valence-corrected chi connectivity index (χ3v) is 4.36. The summed E-state index contributed by atoms with van der Waals surface area (Å²) in [6.45, 7) is 4.76. The number of hydrogen-bond donors (Lipinski definition) is 1. The maximum Gasteiger partial charge on any atom is 0.0100 e.